The Labute approximate surface area is 158 Å². The average molecular weight is 417 g/mol. The molecule has 158 valence electrons. The minimum atomic E-state index is -2.79. The highest BCUT2D eigenvalue weighted by Crippen LogP contribution is 2.25. The lowest BCUT2D eigenvalue weighted by molar-refractivity contribution is 0.00543. The van der Waals surface area contributed by atoms with Crippen LogP contribution >= 0.6 is 0 Å². The second kappa shape index (κ2) is 14.1. The summed E-state index contributed by atoms with van der Waals surface area (Å²) in [6, 6.07) is 1.24. The summed E-state index contributed by atoms with van der Waals surface area (Å²) in [5.74, 6) is 0. The van der Waals surface area contributed by atoms with E-state index in [1.54, 1.807) is 20.2 Å². The maximum Gasteiger partial charge on any atom is 0.329 e. The predicted molar refractivity (Wildman–Crippen MR) is 100 cm³/mol. The monoisotopic (exact) mass is 416 g/mol. The first-order valence-corrected chi connectivity index (χ1v) is 14.0. The van der Waals surface area contributed by atoms with Crippen molar-refractivity contribution in [3.8, 4) is 0 Å². The molecule has 0 amide bonds. The Morgan fingerprint density at radius 3 is 1.58 bits per heavy atom. The van der Waals surface area contributed by atoms with Crippen LogP contribution in [0.1, 0.15) is 12.8 Å². The number of hydrogen-bond donors (Lipinski definition) is 5. The van der Waals surface area contributed by atoms with Gasteiger partial charge in [-0.05, 0) is 38.0 Å². The van der Waals surface area contributed by atoms with Crippen LogP contribution in [0.2, 0.25) is 25.2 Å². The van der Waals surface area contributed by atoms with Gasteiger partial charge >= 0.3 is 17.1 Å². The molecule has 0 aromatic heterocycles. The molecule has 0 aromatic rings. The lowest BCUT2D eigenvalue weighted by Crippen LogP contribution is -2.50. The van der Waals surface area contributed by atoms with Crippen molar-refractivity contribution in [2.45, 2.75) is 50.2 Å². The van der Waals surface area contributed by atoms with E-state index in [1.807, 2.05) is 0 Å². The van der Waals surface area contributed by atoms with E-state index in [9.17, 15) is 15.0 Å². The Hall–Kier alpha value is 0.0738. The molecule has 0 aromatic carbocycles. The van der Waals surface area contributed by atoms with Crippen LogP contribution in [-0.2, 0) is 18.0 Å². The summed E-state index contributed by atoms with van der Waals surface area (Å²) in [5, 5.41) is 36.0. The van der Waals surface area contributed by atoms with Crippen LogP contribution in [-0.4, -0.2) is 101 Å². The van der Waals surface area contributed by atoms with Gasteiger partial charge in [0.1, 0.15) is 12.2 Å². The average Bonchev–Trinajstić information content (AvgIpc) is 2.58. The van der Waals surface area contributed by atoms with Crippen molar-refractivity contribution in [1.82, 2.24) is 0 Å². The van der Waals surface area contributed by atoms with E-state index in [0.717, 1.165) is 0 Å². The van der Waals surface area contributed by atoms with Crippen LogP contribution < -0.4 is 0 Å². The fourth-order valence-electron chi connectivity index (χ4n) is 2.36. The van der Waals surface area contributed by atoms with E-state index < -0.39 is 29.3 Å². The normalized spacial score (nSPS) is 17.1. The molecular weight excluding hydrogens is 380 g/mol. The number of hydrogen-bond acceptors (Lipinski definition) is 9. The zero-order valence-electron chi connectivity index (χ0n) is 16.1. The maximum absolute atomic E-state index is 10.2. The quantitative estimate of drug-likeness (QED) is 0.154. The number of aliphatic hydroxyl groups is 4. The Kier molecular flexibility index (Phi) is 14.2. The summed E-state index contributed by atoms with van der Waals surface area (Å²) in [4.78, 5) is 10.2. The number of rotatable bonds is 17. The third-order valence-corrected chi connectivity index (χ3v) is 10.0. The molecule has 0 heterocycles. The van der Waals surface area contributed by atoms with Gasteiger partial charge in [-0.25, -0.2) is 0 Å². The van der Waals surface area contributed by atoms with Gasteiger partial charge in [-0.15, -0.1) is 0 Å². The van der Waals surface area contributed by atoms with Crippen molar-refractivity contribution in [3.63, 3.8) is 0 Å². The summed E-state index contributed by atoms with van der Waals surface area (Å²) >= 11 is 0. The van der Waals surface area contributed by atoms with Gasteiger partial charge in [-0.1, -0.05) is 0 Å². The molecule has 2 unspecified atom stereocenters. The van der Waals surface area contributed by atoms with Crippen molar-refractivity contribution >= 4 is 17.1 Å². The van der Waals surface area contributed by atoms with Gasteiger partial charge in [0, 0.05) is 20.3 Å². The molecule has 5 N–H and O–H groups in total. The molecule has 0 radical (unpaired) electrons. The van der Waals surface area contributed by atoms with E-state index in [-0.39, 0.29) is 26.4 Å². The molecule has 0 spiro atoms. The van der Waals surface area contributed by atoms with Crippen molar-refractivity contribution in [3.05, 3.63) is 0 Å². The van der Waals surface area contributed by atoms with Gasteiger partial charge < -0.3 is 43.2 Å². The van der Waals surface area contributed by atoms with Crippen molar-refractivity contribution in [1.29, 1.82) is 0 Å². The molecule has 0 aliphatic heterocycles. The van der Waals surface area contributed by atoms with Crippen molar-refractivity contribution < 1.29 is 43.2 Å². The molecule has 9 nitrogen and oxygen atoms in total. The third-order valence-electron chi connectivity index (χ3n) is 3.54. The highest BCUT2D eigenvalue weighted by molar-refractivity contribution is 6.79. The SMILES string of the molecule is CO[Si](CCCOCC(O)CO)(CCCOCC(O)CO)O[Si](C)(C)O. The number of aliphatic hydroxyl groups excluding tert-OH is 4. The molecule has 0 saturated carbocycles. The molecule has 0 aliphatic rings. The maximum atomic E-state index is 10.2. The van der Waals surface area contributed by atoms with Gasteiger partial charge in [0.2, 0.25) is 0 Å². The minimum absolute atomic E-state index is 0.0696. The molecule has 11 heteroatoms. The second-order valence-corrected chi connectivity index (χ2v) is 13.6. The predicted octanol–water partition coefficient (Wildman–Crippen LogP) is -0.694. The molecule has 0 rings (SSSR count). The van der Waals surface area contributed by atoms with Gasteiger partial charge in [-0.3, -0.25) is 0 Å². The zero-order chi connectivity index (χ0) is 20.1. The van der Waals surface area contributed by atoms with Crippen LogP contribution in [0.3, 0.4) is 0 Å². The minimum Gasteiger partial charge on any atom is -0.415 e. The Morgan fingerprint density at radius 2 is 1.27 bits per heavy atom. The molecule has 26 heavy (non-hydrogen) atoms. The van der Waals surface area contributed by atoms with Crippen LogP contribution in [0.15, 0.2) is 0 Å². The third kappa shape index (κ3) is 13.3. The molecule has 2 atom stereocenters. The Bertz CT molecular complexity index is 322. The molecule has 0 aliphatic carbocycles. The van der Waals surface area contributed by atoms with E-state index in [4.69, 9.17) is 28.2 Å². The molecular formula is C15H36O9Si2. The highest BCUT2D eigenvalue weighted by Gasteiger charge is 2.41. The van der Waals surface area contributed by atoms with Gasteiger partial charge in [0.25, 0.3) is 0 Å². The fraction of sp³-hybridized carbons (Fsp3) is 1.00. The van der Waals surface area contributed by atoms with E-state index >= 15 is 0 Å². The Morgan fingerprint density at radius 1 is 0.846 bits per heavy atom. The summed E-state index contributed by atoms with van der Waals surface area (Å²) in [6.45, 7) is 3.63. The van der Waals surface area contributed by atoms with E-state index in [2.05, 4.69) is 0 Å². The largest absolute Gasteiger partial charge is 0.415 e. The lowest BCUT2D eigenvalue weighted by atomic mass is 10.4. The molecule has 0 bridgehead atoms. The standard InChI is InChI=1S/C15H36O9Si2/c1-21-26(24-25(2,3)20,8-4-6-22-12-14(18)10-16)9-5-7-23-13-15(19)11-17/h14-20H,4-13H2,1-3H3. The fourth-order valence-corrected chi connectivity index (χ4v) is 9.17. The molecule has 0 fully saturated rings. The first-order valence-electron chi connectivity index (χ1n) is 8.89. The van der Waals surface area contributed by atoms with Crippen molar-refractivity contribution in [2.75, 3.05) is 46.8 Å². The zero-order valence-corrected chi connectivity index (χ0v) is 18.1. The van der Waals surface area contributed by atoms with Crippen molar-refractivity contribution in [2.24, 2.45) is 0 Å². The van der Waals surface area contributed by atoms with Crippen LogP contribution in [0, 0.1) is 0 Å². The summed E-state index contributed by atoms with van der Waals surface area (Å²) in [5.41, 5.74) is 0. The lowest BCUT2D eigenvalue weighted by Gasteiger charge is -2.34. The van der Waals surface area contributed by atoms with E-state index in [0.29, 0.717) is 38.1 Å². The van der Waals surface area contributed by atoms with Crippen LogP contribution in [0.25, 0.3) is 0 Å². The van der Waals surface area contributed by atoms with Gasteiger partial charge in [-0.2, -0.15) is 0 Å². The number of ether oxygens (including phenoxy) is 2. The highest BCUT2D eigenvalue weighted by atomic mass is 28.5. The van der Waals surface area contributed by atoms with E-state index in [1.165, 1.54) is 0 Å². The first kappa shape index (κ1) is 26.1. The van der Waals surface area contributed by atoms with Crippen LogP contribution in [0.5, 0.6) is 0 Å². The Balaban J connectivity index is 4.41. The molecule has 0 saturated heterocycles. The summed E-state index contributed by atoms with van der Waals surface area (Å²) < 4.78 is 22.3. The first-order chi connectivity index (χ1) is 12.2. The summed E-state index contributed by atoms with van der Waals surface area (Å²) in [7, 11) is -3.85. The van der Waals surface area contributed by atoms with Gasteiger partial charge in [0.05, 0.1) is 26.4 Å². The second-order valence-electron chi connectivity index (χ2n) is 6.69. The smallest absolute Gasteiger partial charge is 0.329 e. The topological polar surface area (TPSA) is 138 Å². The summed E-state index contributed by atoms with van der Waals surface area (Å²) in [6.07, 6.45) is -0.476. The van der Waals surface area contributed by atoms with Gasteiger partial charge in [0.15, 0.2) is 0 Å². The van der Waals surface area contributed by atoms with Crippen LogP contribution in [0.4, 0.5) is 0 Å².